The summed E-state index contributed by atoms with van der Waals surface area (Å²) >= 11 is 1.31. The van der Waals surface area contributed by atoms with Gasteiger partial charge in [-0.2, -0.15) is 4.68 Å². The molecule has 10 heteroatoms. The predicted molar refractivity (Wildman–Crippen MR) is 110 cm³/mol. The molecule has 0 bridgehead atoms. The number of nitrogens with one attached hydrogen (secondary N) is 2. The maximum atomic E-state index is 12.6. The van der Waals surface area contributed by atoms with Gasteiger partial charge in [-0.3, -0.25) is 4.79 Å². The van der Waals surface area contributed by atoms with Crippen molar-refractivity contribution in [3.63, 3.8) is 0 Å². The highest BCUT2D eigenvalue weighted by Gasteiger charge is 2.17. The Balaban J connectivity index is 1.38. The van der Waals surface area contributed by atoms with Gasteiger partial charge >= 0.3 is 6.03 Å². The fourth-order valence-electron chi connectivity index (χ4n) is 3.23. The second kappa shape index (κ2) is 8.82. The number of thiophene rings is 1. The molecule has 4 rings (SSSR count). The molecule has 0 atom stereocenters. The van der Waals surface area contributed by atoms with E-state index >= 15 is 0 Å². The van der Waals surface area contributed by atoms with E-state index in [2.05, 4.69) is 26.2 Å². The topological polar surface area (TPSA) is 105 Å². The molecule has 1 aromatic carbocycles. The zero-order valence-electron chi connectivity index (χ0n) is 15.7. The van der Waals surface area contributed by atoms with Crippen LogP contribution < -0.4 is 10.6 Å². The quantitative estimate of drug-likeness (QED) is 0.685. The number of hydrogen-bond acceptors (Lipinski definition) is 6. The van der Waals surface area contributed by atoms with Gasteiger partial charge in [0.1, 0.15) is 11.2 Å². The number of aromatic nitrogens is 4. The fourth-order valence-corrected chi connectivity index (χ4v) is 4.00. The Bertz CT molecular complexity index is 961. The van der Waals surface area contributed by atoms with Crippen LogP contribution in [0.1, 0.15) is 35.4 Å². The molecule has 29 heavy (non-hydrogen) atoms. The maximum absolute atomic E-state index is 12.6. The van der Waals surface area contributed by atoms with Gasteiger partial charge in [-0.05, 0) is 59.0 Å². The van der Waals surface area contributed by atoms with Crippen LogP contribution in [0.25, 0.3) is 5.69 Å². The first-order chi connectivity index (χ1) is 14.2. The summed E-state index contributed by atoms with van der Waals surface area (Å²) in [5.74, 6) is -0.244. The number of carbonyl (C=O) groups excluding carboxylic acids is 2. The van der Waals surface area contributed by atoms with E-state index in [1.165, 1.54) is 35.2 Å². The molecule has 2 aromatic heterocycles. The molecule has 0 radical (unpaired) electrons. The number of tetrazole rings is 1. The third-order valence-electron chi connectivity index (χ3n) is 4.73. The van der Waals surface area contributed by atoms with Crippen molar-refractivity contribution in [3.05, 3.63) is 46.9 Å². The highest BCUT2D eigenvalue weighted by molar-refractivity contribution is 7.12. The molecule has 1 fully saturated rings. The Labute approximate surface area is 171 Å². The lowest BCUT2D eigenvalue weighted by Crippen LogP contribution is -2.35. The molecule has 2 N–H and O–H groups in total. The highest BCUT2D eigenvalue weighted by Crippen LogP contribution is 2.22. The number of likely N-dealkylation sites (tertiary alicyclic amines) is 1. The van der Waals surface area contributed by atoms with Crippen LogP contribution in [0.5, 0.6) is 0 Å². The molecule has 1 aliphatic heterocycles. The third kappa shape index (κ3) is 4.60. The number of nitrogens with zero attached hydrogens (tertiary/aromatic N) is 5. The summed E-state index contributed by atoms with van der Waals surface area (Å²) in [6.07, 6.45) is 5.90. The summed E-state index contributed by atoms with van der Waals surface area (Å²) in [7, 11) is 0. The van der Waals surface area contributed by atoms with Crippen molar-refractivity contribution >= 4 is 34.6 Å². The van der Waals surface area contributed by atoms with E-state index in [0.29, 0.717) is 21.9 Å². The first-order valence-electron chi connectivity index (χ1n) is 9.49. The van der Waals surface area contributed by atoms with Gasteiger partial charge in [0.2, 0.25) is 0 Å². The van der Waals surface area contributed by atoms with Crippen molar-refractivity contribution < 1.29 is 9.59 Å². The lowest BCUT2D eigenvalue weighted by molar-refractivity contribution is 0.103. The van der Waals surface area contributed by atoms with Crippen molar-refractivity contribution in [2.45, 2.75) is 25.7 Å². The number of benzene rings is 1. The summed E-state index contributed by atoms with van der Waals surface area (Å²) in [5, 5.41) is 18.6. The molecule has 9 nitrogen and oxygen atoms in total. The Morgan fingerprint density at radius 1 is 0.931 bits per heavy atom. The first-order valence-corrected chi connectivity index (χ1v) is 10.4. The molecule has 3 heterocycles. The van der Waals surface area contributed by atoms with E-state index < -0.39 is 0 Å². The summed E-state index contributed by atoms with van der Waals surface area (Å²) < 4.78 is 1.45. The highest BCUT2D eigenvalue weighted by atomic mass is 32.1. The van der Waals surface area contributed by atoms with Gasteiger partial charge in [-0.1, -0.05) is 12.8 Å². The molecular formula is C19H21N7O2S. The van der Waals surface area contributed by atoms with Crippen molar-refractivity contribution in [1.29, 1.82) is 0 Å². The van der Waals surface area contributed by atoms with E-state index in [0.717, 1.165) is 25.9 Å². The van der Waals surface area contributed by atoms with Gasteiger partial charge in [0.25, 0.3) is 5.91 Å². The smallest absolute Gasteiger partial charge is 0.321 e. The lowest BCUT2D eigenvalue weighted by Gasteiger charge is -2.20. The minimum atomic E-state index is -0.244. The average molecular weight is 411 g/mol. The van der Waals surface area contributed by atoms with Gasteiger partial charge in [0.15, 0.2) is 0 Å². The van der Waals surface area contributed by atoms with Crippen molar-refractivity contribution in [2.24, 2.45) is 0 Å². The Kier molecular flexibility index (Phi) is 5.80. The number of carbonyl (C=O) groups is 2. The van der Waals surface area contributed by atoms with E-state index in [9.17, 15) is 9.59 Å². The van der Waals surface area contributed by atoms with Crippen LogP contribution in [0.15, 0.2) is 42.0 Å². The van der Waals surface area contributed by atoms with Gasteiger partial charge < -0.3 is 15.5 Å². The molecular weight excluding hydrogens is 390 g/mol. The van der Waals surface area contributed by atoms with Crippen molar-refractivity contribution in [3.8, 4) is 5.69 Å². The molecule has 0 aliphatic carbocycles. The minimum Gasteiger partial charge on any atom is -0.325 e. The number of anilines is 2. The monoisotopic (exact) mass is 411 g/mol. The lowest BCUT2D eigenvalue weighted by atomic mass is 10.2. The van der Waals surface area contributed by atoms with Crippen LogP contribution >= 0.6 is 11.3 Å². The molecule has 1 aliphatic rings. The number of hydrogen-bond donors (Lipinski definition) is 2. The first kappa shape index (κ1) is 19.1. The molecule has 150 valence electrons. The average Bonchev–Trinajstić information content (AvgIpc) is 3.35. The second-order valence-corrected chi connectivity index (χ2v) is 7.67. The number of rotatable bonds is 4. The molecule has 0 unspecified atom stereocenters. The SMILES string of the molecule is O=C(Nc1ccc(NC(=O)N2CCCCCC2)cc1)c1sccc1-n1cnnn1. The van der Waals surface area contributed by atoms with E-state index in [1.54, 1.807) is 30.3 Å². The Morgan fingerprint density at radius 2 is 1.62 bits per heavy atom. The largest absolute Gasteiger partial charge is 0.325 e. The predicted octanol–water partition coefficient (Wildman–Crippen LogP) is 3.38. The van der Waals surface area contributed by atoms with E-state index in [1.807, 2.05) is 10.3 Å². The maximum Gasteiger partial charge on any atom is 0.321 e. The molecule has 0 spiro atoms. The number of amides is 3. The van der Waals surface area contributed by atoms with Gasteiger partial charge in [-0.15, -0.1) is 16.4 Å². The minimum absolute atomic E-state index is 0.0756. The van der Waals surface area contributed by atoms with Crippen molar-refractivity contribution in [1.82, 2.24) is 25.1 Å². The molecule has 3 amide bonds. The second-order valence-electron chi connectivity index (χ2n) is 6.75. The van der Waals surface area contributed by atoms with Crippen LogP contribution in [-0.4, -0.2) is 50.1 Å². The van der Waals surface area contributed by atoms with E-state index in [4.69, 9.17) is 0 Å². The molecule has 0 saturated carbocycles. The Hall–Kier alpha value is -3.27. The Morgan fingerprint density at radius 3 is 2.28 bits per heavy atom. The van der Waals surface area contributed by atoms with Crippen LogP contribution in [0.2, 0.25) is 0 Å². The molecule has 3 aromatic rings. The van der Waals surface area contributed by atoms with Crippen LogP contribution in [0, 0.1) is 0 Å². The van der Waals surface area contributed by atoms with E-state index in [-0.39, 0.29) is 11.9 Å². The third-order valence-corrected chi connectivity index (χ3v) is 5.64. The van der Waals surface area contributed by atoms with Gasteiger partial charge in [-0.25, -0.2) is 4.79 Å². The summed E-state index contributed by atoms with van der Waals surface area (Å²) in [6, 6.07) is 8.80. The summed E-state index contributed by atoms with van der Waals surface area (Å²) in [4.78, 5) is 27.4. The van der Waals surface area contributed by atoms with Crippen LogP contribution in [0.3, 0.4) is 0 Å². The zero-order chi connectivity index (χ0) is 20.1. The van der Waals surface area contributed by atoms with Gasteiger partial charge in [0, 0.05) is 24.5 Å². The van der Waals surface area contributed by atoms with Gasteiger partial charge in [0.05, 0.1) is 5.69 Å². The fraction of sp³-hybridized carbons (Fsp3) is 0.316. The zero-order valence-corrected chi connectivity index (χ0v) is 16.6. The van der Waals surface area contributed by atoms with Crippen LogP contribution in [0.4, 0.5) is 16.2 Å². The van der Waals surface area contributed by atoms with Crippen molar-refractivity contribution in [2.75, 3.05) is 23.7 Å². The molecule has 1 saturated heterocycles. The normalized spacial score (nSPS) is 14.3. The standard InChI is InChI=1S/C19H21N7O2S/c27-18(17-16(9-12-29-17)26-13-20-23-24-26)21-14-5-7-15(8-6-14)22-19(28)25-10-3-1-2-4-11-25/h5-9,12-13H,1-4,10-11H2,(H,21,27)(H,22,28). The van der Waals surface area contributed by atoms with Crippen LogP contribution in [-0.2, 0) is 0 Å². The summed E-state index contributed by atoms with van der Waals surface area (Å²) in [6.45, 7) is 1.59. The summed E-state index contributed by atoms with van der Waals surface area (Å²) in [5.41, 5.74) is 1.96. The number of urea groups is 1.